The van der Waals surface area contributed by atoms with Crippen molar-refractivity contribution in [3.8, 4) is 0 Å². The van der Waals surface area contributed by atoms with Crippen molar-refractivity contribution in [2.75, 3.05) is 13.1 Å². The van der Waals surface area contributed by atoms with Crippen molar-refractivity contribution in [3.05, 3.63) is 35.4 Å². The van der Waals surface area contributed by atoms with Crippen LogP contribution in [0.25, 0.3) is 0 Å². The quantitative estimate of drug-likeness (QED) is 0.670. The maximum atomic E-state index is 13.2. The number of nitrogens with zero attached hydrogens (tertiary/aromatic N) is 1. The average Bonchev–Trinajstić information content (AvgIpc) is 2.70. The van der Waals surface area contributed by atoms with E-state index in [0.29, 0.717) is 43.8 Å². The molecule has 1 aliphatic rings. The molecule has 0 bridgehead atoms. The maximum absolute atomic E-state index is 13.2. The van der Waals surface area contributed by atoms with Crippen LogP contribution in [0.3, 0.4) is 0 Å². The molecule has 32 heavy (non-hydrogen) atoms. The van der Waals surface area contributed by atoms with Crippen LogP contribution < -0.4 is 10.6 Å². The highest BCUT2D eigenvalue weighted by molar-refractivity contribution is 5.97. The lowest BCUT2D eigenvalue weighted by Crippen LogP contribution is -2.55. The topological polar surface area (TPSA) is 78.5 Å². The van der Waals surface area contributed by atoms with Gasteiger partial charge in [-0.1, -0.05) is 52.3 Å². The first-order valence-electron chi connectivity index (χ1n) is 11.8. The van der Waals surface area contributed by atoms with Crippen molar-refractivity contribution in [2.45, 2.75) is 79.8 Å². The van der Waals surface area contributed by atoms with Gasteiger partial charge < -0.3 is 15.5 Å². The second-order valence-corrected chi connectivity index (χ2v) is 10.8. The minimum absolute atomic E-state index is 0.00863. The van der Waals surface area contributed by atoms with Gasteiger partial charge in [0.25, 0.3) is 5.91 Å². The minimum atomic E-state index is -0.621. The monoisotopic (exact) mass is 443 g/mol. The third kappa shape index (κ3) is 7.64. The molecule has 1 aromatic carbocycles. The van der Waals surface area contributed by atoms with Gasteiger partial charge in [-0.25, -0.2) is 0 Å². The Hall–Kier alpha value is -2.37. The zero-order valence-corrected chi connectivity index (χ0v) is 20.8. The molecule has 1 aromatic rings. The summed E-state index contributed by atoms with van der Waals surface area (Å²) in [5.41, 5.74) is 1.50. The fourth-order valence-electron chi connectivity index (χ4n) is 3.94. The standard InChI is InChI=1S/C26H41N3O3/c1-17(2)19(4)27-25(32)23(28-24(31)21-10-8-9-18(3)15-21)20-11-13-29(14-12-20)22(30)16-26(5,6)7/h8-10,15,17,19-20,23H,11-14,16H2,1-7H3,(H,27,32)(H,28,31). The number of nitrogens with one attached hydrogen (secondary N) is 2. The van der Waals surface area contributed by atoms with E-state index < -0.39 is 6.04 Å². The average molecular weight is 444 g/mol. The number of benzene rings is 1. The van der Waals surface area contributed by atoms with Crippen LogP contribution in [0.5, 0.6) is 0 Å². The highest BCUT2D eigenvalue weighted by atomic mass is 16.2. The molecule has 1 aliphatic heterocycles. The molecule has 0 spiro atoms. The first-order valence-corrected chi connectivity index (χ1v) is 11.8. The van der Waals surface area contributed by atoms with Crippen LogP contribution in [0.1, 0.15) is 76.7 Å². The third-order valence-corrected chi connectivity index (χ3v) is 6.26. The summed E-state index contributed by atoms with van der Waals surface area (Å²) in [7, 11) is 0. The molecule has 1 fully saturated rings. The van der Waals surface area contributed by atoms with Gasteiger partial charge in [0.05, 0.1) is 0 Å². The van der Waals surface area contributed by atoms with Crippen molar-refractivity contribution in [3.63, 3.8) is 0 Å². The van der Waals surface area contributed by atoms with Crippen molar-refractivity contribution < 1.29 is 14.4 Å². The molecular formula is C26H41N3O3. The highest BCUT2D eigenvalue weighted by Crippen LogP contribution is 2.25. The Morgan fingerprint density at radius 1 is 1.06 bits per heavy atom. The predicted molar refractivity (Wildman–Crippen MR) is 128 cm³/mol. The summed E-state index contributed by atoms with van der Waals surface area (Å²) >= 11 is 0. The van der Waals surface area contributed by atoms with Crippen molar-refractivity contribution in [2.24, 2.45) is 17.3 Å². The molecule has 2 unspecified atom stereocenters. The van der Waals surface area contributed by atoms with Crippen LogP contribution in [0.4, 0.5) is 0 Å². The molecule has 1 saturated heterocycles. The third-order valence-electron chi connectivity index (χ3n) is 6.26. The second kappa shape index (κ2) is 11.0. The molecule has 3 amide bonds. The number of rotatable bonds is 7. The van der Waals surface area contributed by atoms with E-state index in [9.17, 15) is 14.4 Å². The van der Waals surface area contributed by atoms with Crippen LogP contribution in [0.15, 0.2) is 24.3 Å². The summed E-state index contributed by atoms with van der Waals surface area (Å²) in [5.74, 6) is 0.0592. The SMILES string of the molecule is Cc1cccc(C(=O)NC(C(=O)NC(C)C(C)C)C2CCN(C(=O)CC(C)(C)C)CC2)c1. The molecule has 0 radical (unpaired) electrons. The van der Waals surface area contributed by atoms with Crippen LogP contribution >= 0.6 is 0 Å². The van der Waals surface area contributed by atoms with E-state index in [4.69, 9.17) is 0 Å². The molecule has 6 heteroatoms. The van der Waals surface area contributed by atoms with E-state index in [1.54, 1.807) is 6.07 Å². The number of carbonyl (C=O) groups is 3. The highest BCUT2D eigenvalue weighted by Gasteiger charge is 2.35. The molecular weight excluding hydrogens is 402 g/mol. The fraction of sp³-hybridized carbons (Fsp3) is 0.654. The minimum Gasteiger partial charge on any atom is -0.352 e. The van der Waals surface area contributed by atoms with Crippen LogP contribution in [-0.4, -0.2) is 47.8 Å². The first kappa shape index (κ1) is 25.9. The summed E-state index contributed by atoms with van der Waals surface area (Å²) in [6.07, 6.45) is 1.90. The van der Waals surface area contributed by atoms with Gasteiger partial charge in [-0.2, -0.15) is 0 Å². The Morgan fingerprint density at radius 3 is 2.22 bits per heavy atom. The molecule has 0 saturated carbocycles. The lowest BCUT2D eigenvalue weighted by molar-refractivity contribution is -0.134. The molecule has 1 heterocycles. The van der Waals surface area contributed by atoms with Gasteiger partial charge in [-0.15, -0.1) is 0 Å². The van der Waals surface area contributed by atoms with Crippen molar-refractivity contribution in [1.29, 1.82) is 0 Å². The van der Waals surface area contributed by atoms with Crippen LogP contribution in [0, 0.1) is 24.2 Å². The van der Waals surface area contributed by atoms with Gasteiger partial charge in [-0.3, -0.25) is 14.4 Å². The Balaban J connectivity index is 2.12. The lowest BCUT2D eigenvalue weighted by Gasteiger charge is -2.37. The second-order valence-electron chi connectivity index (χ2n) is 10.8. The number of aryl methyl sites for hydroxylation is 1. The first-order chi connectivity index (χ1) is 14.9. The Labute approximate surface area is 193 Å². The number of likely N-dealkylation sites (tertiary alicyclic amines) is 1. The number of hydrogen-bond acceptors (Lipinski definition) is 3. The fourth-order valence-corrected chi connectivity index (χ4v) is 3.94. The molecule has 2 atom stereocenters. The zero-order valence-electron chi connectivity index (χ0n) is 20.8. The maximum Gasteiger partial charge on any atom is 0.251 e. The molecule has 0 aliphatic carbocycles. The molecule has 2 rings (SSSR count). The summed E-state index contributed by atoms with van der Waals surface area (Å²) in [6, 6.07) is 6.77. The van der Waals surface area contributed by atoms with E-state index in [1.807, 2.05) is 36.9 Å². The summed E-state index contributed by atoms with van der Waals surface area (Å²) < 4.78 is 0. The van der Waals surface area contributed by atoms with Gasteiger partial charge in [0.1, 0.15) is 6.04 Å². The number of amides is 3. The smallest absolute Gasteiger partial charge is 0.251 e. The van der Waals surface area contributed by atoms with Crippen LogP contribution in [0.2, 0.25) is 0 Å². The normalized spacial score (nSPS) is 17.1. The Kier molecular flexibility index (Phi) is 8.88. The summed E-state index contributed by atoms with van der Waals surface area (Å²) in [4.78, 5) is 40.7. The Bertz CT molecular complexity index is 805. The van der Waals surface area contributed by atoms with E-state index in [2.05, 4.69) is 45.3 Å². The predicted octanol–water partition coefficient (Wildman–Crippen LogP) is 3.93. The largest absolute Gasteiger partial charge is 0.352 e. The molecule has 2 N–H and O–H groups in total. The summed E-state index contributed by atoms with van der Waals surface area (Å²) in [6.45, 7) is 15.5. The van der Waals surface area contributed by atoms with Gasteiger partial charge in [0, 0.05) is 31.1 Å². The number of hydrogen-bond donors (Lipinski definition) is 2. The van der Waals surface area contributed by atoms with E-state index in [-0.39, 0.29) is 35.1 Å². The Morgan fingerprint density at radius 2 is 1.69 bits per heavy atom. The van der Waals surface area contributed by atoms with Gasteiger partial charge >= 0.3 is 0 Å². The summed E-state index contributed by atoms with van der Waals surface area (Å²) in [5, 5.41) is 6.08. The van der Waals surface area contributed by atoms with Gasteiger partial charge in [0.15, 0.2) is 0 Å². The van der Waals surface area contributed by atoms with Gasteiger partial charge in [-0.05, 0) is 56.1 Å². The number of piperidine rings is 1. The van der Waals surface area contributed by atoms with E-state index in [1.165, 1.54) is 0 Å². The van der Waals surface area contributed by atoms with Crippen molar-refractivity contribution >= 4 is 17.7 Å². The van der Waals surface area contributed by atoms with E-state index in [0.717, 1.165) is 5.56 Å². The zero-order chi connectivity index (χ0) is 24.1. The molecule has 6 nitrogen and oxygen atoms in total. The van der Waals surface area contributed by atoms with Crippen molar-refractivity contribution in [1.82, 2.24) is 15.5 Å². The van der Waals surface area contributed by atoms with Crippen LogP contribution in [-0.2, 0) is 9.59 Å². The lowest BCUT2D eigenvalue weighted by atomic mass is 9.86. The molecule has 178 valence electrons. The van der Waals surface area contributed by atoms with E-state index >= 15 is 0 Å². The number of carbonyl (C=O) groups excluding carboxylic acids is 3. The molecule has 0 aromatic heterocycles. The van der Waals surface area contributed by atoms with Gasteiger partial charge in [0.2, 0.25) is 11.8 Å².